The van der Waals surface area contributed by atoms with Crippen molar-refractivity contribution < 1.29 is 14.7 Å². The highest BCUT2D eigenvalue weighted by Gasteiger charge is 2.07. The van der Waals surface area contributed by atoms with Crippen molar-refractivity contribution in [3.63, 3.8) is 0 Å². The molecule has 28 heavy (non-hydrogen) atoms. The minimum absolute atomic E-state index is 0.0176. The standard InChI is InChI=1S/C19H19N5O3S/c25-18(13-28-17-6-9-20-10-7-17)21-8-2-4-15-12-24(23-22-15)16-5-1-3-14(11-16)19(26)27/h1,3,5-7,9-12H,2,4,8,13H2,(H,21,25)(H,26,27). The number of hydrogen-bond acceptors (Lipinski definition) is 6. The van der Waals surface area contributed by atoms with E-state index in [0.29, 0.717) is 24.4 Å². The number of nitrogens with one attached hydrogen (secondary N) is 1. The Hall–Kier alpha value is -3.20. The third kappa shape index (κ3) is 5.65. The van der Waals surface area contributed by atoms with E-state index in [1.54, 1.807) is 41.5 Å². The zero-order valence-electron chi connectivity index (χ0n) is 15.0. The highest BCUT2D eigenvalue weighted by Crippen LogP contribution is 2.15. The Morgan fingerprint density at radius 2 is 2.00 bits per heavy atom. The molecule has 2 N–H and O–H groups in total. The van der Waals surface area contributed by atoms with Gasteiger partial charge in [-0.05, 0) is 43.2 Å². The molecule has 0 saturated heterocycles. The number of carbonyl (C=O) groups excluding carboxylic acids is 1. The fourth-order valence-electron chi connectivity index (χ4n) is 2.45. The highest BCUT2D eigenvalue weighted by molar-refractivity contribution is 8.00. The van der Waals surface area contributed by atoms with E-state index in [4.69, 9.17) is 5.11 Å². The Morgan fingerprint density at radius 3 is 2.79 bits per heavy atom. The van der Waals surface area contributed by atoms with Crippen molar-refractivity contribution in [2.45, 2.75) is 17.7 Å². The van der Waals surface area contributed by atoms with Crippen LogP contribution in [0.3, 0.4) is 0 Å². The number of rotatable bonds is 9. The van der Waals surface area contributed by atoms with Crippen molar-refractivity contribution in [3.05, 3.63) is 66.2 Å². The fourth-order valence-corrected chi connectivity index (χ4v) is 3.17. The number of carbonyl (C=O) groups is 2. The maximum Gasteiger partial charge on any atom is 0.335 e. The predicted octanol–water partition coefficient (Wildman–Crippen LogP) is 2.20. The van der Waals surface area contributed by atoms with E-state index in [0.717, 1.165) is 17.0 Å². The van der Waals surface area contributed by atoms with Gasteiger partial charge < -0.3 is 10.4 Å². The first-order chi connectivity index (χ1) is 13.6. The molecule has 0 saturated carbocycles. The summed E-state index contributed by atoms with van der Waals surface area (Å²) in [5.74, 6) is -0.643. The van der Waals surface area contributed by atoms with Crippen molar-refractivity contribution in [3.8, 4) is 5.69 Å². The zero-order chi connectivity index (χ0) is 19.8. The number of thioether (sulfide) groups is 1. The van der Waals surface area contributed by atoms with Gasteiger partial charge in [-0.1, -0.05) is 11.3 Å². The summed E-state index contributed by atoms with van der Waals surface area (Å²) in [7, 11) is 0. The Kier molecular flexibility index (Phi) is 6.74. The van der Waals surface area contributed by atoms with Gasteiger partial charge in [-0.3, -0.25) is 9.78 Å². The average Bonchev–Trinajstić information content (AvgIpc) is 3.19. The average molecular weight is 397 g/mol. The minimum atomic E-state index is -0.986. The first-order valence-corrected chi connectivity index (χ1v) is 9.65. The van der Waals surface area contributed by atoms with Crippen LogP contribution in [-0.2, 0) is 11.2 Å². The molecule has 0 atom stereocenters. The van der Waals surface area contributed by atoms with Crippen molar-refractivity contribution in [2.75, 3.05) is 12.3 Å². The lowest BCUT2D eigenvalue weighted by molar-refractivity contribution is -0.118. The fraction of sp³-hybridized carbons (Fsp3) is 0.211. The molecule has 3 rings (SSSR count). The van der Waals surface area contributed by atoms with Gasteiger partial charge in [-0.15, -0.1) is 16.9 Å². The molecule has 0 aliphatic heterocycles. The molecule has 9 heteroatoms. The van der Waals surface area contributed by atoms with Crippen LogP contribution in [-0.4, -0.2) is 49.3 Å². The highest BCUT2D eigenvalue weighted by atomic mass is 32.2. The molecular weight excluding hydrogens is 378 g/mol. The monoisotopic (exact) mass is 397 g/mol. The zero-order valence-corrected chi connectivity index (χ0v) is 15.8. The molecule has 0 radical (unpaired) electrons. The van der Waals surface area contributed by atoms with Gasteiger partial charge in [0.05, 0.1) is 28.9 Å². The second-order valence-electron chi connectivity index (χ2n) is 5.94. The number of carboxylic acids is 1. The summed E-state index contributed by atoms with van der Waals surface area (Å²) in [6, 6.07) is 10.2. The molecule has 1 amide bonds. The Morgan fingerprint density at radius 1 is 1.18 bits per heavy atom. The van der Waals surface area contributed by atoms with Crippen LogP contribution < -0.4 is 5.32 Å². The van der Waals surface area contributed by atoms with Gasteiger partial charge in [0.1, 0.15) is 0 Å². The van der Waals surface area contributed by atoms with Crippen LogP contribution in [0.4, 0.5) is 0 Å². The molecule has 0 bridgehead atoms. The Bertz CT molecular complexity index is 946. The molecular formula is C19H19N5O3S. The third-order valence-corrected chi connectivity index (χ3v) is 4.86. The molecule has 2 heterocycles. The number of amides is 1. The van der Waals surface area contributed by atoms with Crippen LogP contribution >= 0.6 is 11.8 Å². The van der Waals surface area contributed by atoms with E-state index in [1.165, 1.54) is 17.8 Å². The summed E-state index contributed by atoms with van der Waals surface area (Å²) in [6.45, 7) is 0.553. The molecule has 0 fully saturated rings. The van der Waals surface area contributed by atoms with E-state index < -0.39 is 5.97 Å². The number of aromatic carboxylic acids is 1. The lowest BCUT2D eigenvalue weighted by Crippen LogP contribution is -2.26. The number of hydrogen-bond donors (Lipinski definition) is 2. The topological polar surface area (TPSA) is 110 Å². The second-order valence-corrected chi connectivity index (χ2v) is 6.98. The maximum absolute atomic E-state index is 11.9. The van der Waals surface area contributed by atoms with Gasteiger partial charge in [0, 0.05) is 23.8 Å². The molecule has 1 aromatic carbocycles. The van der Waals surface area contributed by atoms with Crippen molar-refractivity contribution in [2.24, 2.45) is 0 Å². The molecule has 3 aromatic rings. The summed E-state index contributed by atoms with van der Waals surface area (Å²) in [4.78, 5) is 27.9. The van der Waals surface area contributed by atoms with E-state index in [-0.39, 0.29) is 11.5 Å². The quantitative estimate of drug-likeness (QED) is 0.421. The summed E-state index contributed by atoms with van der Waals surface area (Å²) in [5.41, 5.74) is 1.61. The van der Waals surface area contributed by atoms with Crippen molar-refractivity contribution in [1.82, 2.24) is 25.3 Å². The van der Waals surface area contributed by atoms with Crippen molar-refractivity contribution >= 4 is 23.6 Å². The third-order valence-electron chi connectivity index (χ3n) is 3.85. The van der Waals surface area contributed by atoms with E-state index in [2.05, 4.69) is 20.6 Å². The number of carboxylic acid groups (broad SMARTS) is 1. The van der Waals surface area contributed by atoms with Gasteiger partial charge in [0.25, 0.3) is 0 Å². The molecule has 0 aliphatic rings. The van der Waals surface area contributed by atoms with Crippen LogP contribution in [0.25, 0.3) is 5.69 Å². The number of nitrogens with zero attached hydrogens (tertiary/aromatic N) is 4. The van der Waals surface area contributed by atoms with Crippen molar-refractivity contribution in [1.29, 1.82) is 0 Å². The Balaban J connectivity index is 1.42. The van der Waals surface area contributed by atoms with E-state index >= 15 is 0 Å². The molecule has 0 unspecified atom stereocenters. The lowest BCUT2D eigenvalue weighted by atomic mass is 10.2. The van der Waals surface area contributed by atoms with Crippen LogP contribution in [0.1, 0.15) is 22.5 Å². The molecule has 8 nitrogen and oxygen atoms in total. The molecule has 0 aliphatic carbocycles. The first kappa shape index (κ1) is 19.6. The van der Waals surface area contributed by atoms with Crippen LogP contribution in [0, 0.1) is 0 Å². The predicted molar refractivity (Wildman–Crippen MR) is 105 cm³/mol. The summed E-state index contributed by atoms with van der Waals surface area (Å²) in [5, 5.41) is 20.1. The van der Waals surface area contributed by atoms with E-state index in [9.17, 15) is 9.59 Å². The van der Waals surface area contributed by atoms with Gasteiger partial charge >= 0.3 is 5.97 Å². The van der Waals surface area contributed by atoms with E-state index in [1.807, 2.05) is 12.1 Å². The largest absolute Gasteiger partial charge is 0.478 e. The van der Waals surface area contributed by atoms with Crippen LogP contribution in [0.2, 0.25) is 0 Å². The van der Waals surface area contributed by atoms with Gasteiger partial charge in [0.2, 0.25) is 5.91 Å². The first-order valence-electron chi connectivity index (χ1n) is 8.66. The Labute approximate surface area is 166 Å². The molecule has 144 valence electrons. The second kappa shape index (κ2) is 9.65. The smallest absolute Gasteiger partial charge is 0.335 e. The minimum Gasteiger partial charge on any atom is -0.478 e. The number of aryl methyl sites for hydroxylation is 1. The maximum atomic E-state index is 11.9. The SMILES string of the molecule is O=C(CSc1ccncc1)NCCCc1cn(-c2cccc(C(=O)O)c2)nn1. The summed E-state index contributed by atoms with van der Waals surface area (Å²) in [6.07, 6.45) is 6.56. The normalized spacial score (nSPS) is 10.6. The summed E-state index contributed by atoms with van der Waals surface area (Å²) >= 11 is 1.47. The lowest BCUT2D eigenvalue weighted by Gasteiger charge is -2.04. The number of pyridine rings is 1. The van der Waals surface area contributed by atoms with Gasteiger partial charge in [-0.25, -0.2) is 9.48 Å². The molecule has 2 aromatic heterocycles. The number of benzene rings is 1. The van der Waals surface area contributed by atoms with Crippen LogP contribution in [0.15, 0.2) is 59.9 Å². The van der Waals surface area contributed by atoms with Gasteiger partial charge in [0.15, 0.2) is 0 Å². The number of aromatic nitrogens is 4. The molecule has 0 spiro atoms. The van der Waals surface area contributed by atoms with Gasteiger partial charge in [-0.2, -0.15) is 0 Å². The van der Waals surface area contributed by atoms with Crippen LogP contribution in [0.5, 0.6) is 0 Å². The summed E-state index contributed by atoms with van der Waals surface area (Å²) < 4.78 is 1.55.